The number of carbonyl (C=O) groups excluding carboxylic acids is 2. The normalized spacial score (nSPS) is 27.2. The Bertz CT molecular complexity index is 1650. The first-order chi connectivity index (χ1) is 21.7. The summed E-state index contributed by atoms with van der Waals surface area (Å²) in [4.78, 5) is 43.7. The van der Waals surface area contributed by atoms with E-state index < -0.39 is 0 Å². The summed E-state index contributed by atoms with van der Waals surface area (Å²) in [6.45, 7) is 4.75. The second kappa shape index (κ2) is 12.2. The fraction of sp³-hybridized carbons (Fsp3) is 0.471. The van der Waals surface area contributed by atoms with Crippen LogP contribution in [0.3, 0.4) is 0 Å². The third-order valence-corrected chi connectivity index (χ3v) is 10.5. The van der Waals surface area contributed by atoms with E-state index in [1.807, 2.05) is 12.1 Å². The number of piperidine rings is 3. The number of imide groups is 1. The molecule has 236 valence electrons. The van der Waals surface area contributed by atoms with Crippen LogP contribution in [0.5, 0.6) is 0 Å². The quantitative estimate of drug-likeness (QED) is 0.384. The molecule has 0 saturated carbocycles. The Balaban J connectivity index is 0.956. The Hall–Kier alpha value is -3.73. The number of nitrogens with zero attached hydrogens (tertiary/aromatic N) is 5. The van der Waals surface area contributed by atoms with Crippen LogP contribution in [0.1, 0.15) is 54.2 Å². The van der Waals surface area contributed by atoms with E-state index in [0.29, 0.717) is 36.5 Å². The number of carbonyl (C=O) groups is 2. The van der Waals surface area contributed by atoms with Crippen molar-refractivity contribution >= 4 is 34.8 Å². The number of halogens is 1. The third-order valence-electron chi connectivity index (χ3n) is 10.1. The van der Waals surface area contributed by atoms with Gasteiger partial charge in [-0.2, -0.15) is 5.10 Å². The van der Waals surface area contributed by atoms with Crippen LogP contribution < -0.4 is 21.1 Å². The zero-order valence-electron chi connectivity index (χ0n) is 25.8. The van der Waals surface area contributed by atoms with Crippen molar-refractivity contribution in [2.45, 2.75) is 62.2 Å². The predicted molar refractivity (Wildman–Crippen MR) is 175 cm³/mol. The van der Waals surface area contributed by atoms with Gasteiger partial charge in [-0.25, -0.2) is 4.68 Å². The highest BCUT2D eigenvalue weighted by molar-refractivity contribution is 6.32. The monoisotopic (exact) mass is 629 g/mol. The van der Waals surface area contributed by atoms with Gasteiger partial charge in [0.2, 0.25) is 11.8 Å². The number of hydrogen-bond acceptors (Lipinski definition) is 8. The lowest BCUT2D eigenvalue weighted by molar-refractivity contribution is -0.134. The van der Waals surface area contributed by atoms with Crippen LogP contribution in [-0.4, -0.2) is 82.7 Å². The SMILES string of the molecule is CN1C[C@H](Nc2cnn(C)c(=O)c2Cl)C[C@H](c2ccc(CN3C4CC3CN(c3cccc(C5CCC(=O)NC5=O)c3)C4)cc2)C1. The molecule has 11 heteroatoms. The minimum absolute atomic E-state index is 0.160. The van der Waals surface area contributed by atoms with Gasteiger partial charge in [0, 0.05) is 70.0 Å². The first-order valence-corrected chi connectivity index (χ1v) is 16.3. The van der Waals surface area contributed by atoms with Gasteiger partial charge in [-0.3, -0.25) is 24.6 Å². The number of likely N-dealkylation sites (tertiary alicyclic amines) is 1. The maximum atomic E-state index is 12.4. The zero-order chi connectivity index (χ0) is 31.2. The molecule has 2 bridgehead atoms. The molecule has 0 radical (unpaired) electrons. The van der Waals surface area contributed by atoms with Crippen LogP contribution in [0.15, 0.2) is 59.5 Å². The number of nitrogens with one attached hydrogen (secondary N) is 2. The van der Waals surface area contributed by atoms with Crippen LogP contribution in [0, 0.1) is 0 Å². The number of benzene rings is 2. The van der Waals surface area contributed by atoms with Gasteiger partial charge in [-0.1, -0.05) is 48.0 Å². The van der Waals surface area contributed by atoms with Crippen molar-refractivity contribution in [3.05, 3.63) is 86.8 Å². The first kappa shape index (κ1) is 30.0. The van der Waals surface area contributed by atoms with Gasteiger partial charge in [-0.15, -0.1) is 0 Å². The molecule has 0 aliphatic carbocycles. The highest BCUT2D eigenvalue weighted by Gasteiger charge is 2.44. The van der Waals surface area contributed by atoms with E-state index in [2.05, 4.69) is 73.9 Å². The molecule has 5 saturated heterocycles. The Morgan fingerprint density at radius 1 is 0.956 bits per heavy atom. The number of anilines is 2. The van der Waals surface area contributed by atoms with Gasteiger partial charge < -0.3 is 15.1 Å². The molecule has 5 fully saturated rings. The summed E-state index contributed by atoms with van der Waals surface area (Å²) in [6, 6.07) is 18.6. The lowest BCUT2D eigenvalue weighted by Gasteiger charge is -2.57. The number of fused-ring (bicyclic) bond motifs is 2. The van der Waals surface area contributed by atoms with Crippen molar-refractivity contribution in [2.24, 2.45) is 7.05 Å². The van der Waals surface area contributed by atoms with Crippen molar-refractivity contribution in [2.75, 3.05) is 43.4 Å². The second-order valence-electron chi connectivity index (χ2n) is 13.3. The summed E-state index contributed by atoms with van der Waals surface area (Å²) in [5, 5.41) is 10.3. The fourth-order valence-electron chi connectivity index (χ4n) is 7.71. The fourth-order valence-corrected chi connectivity index (χ4v) is 7.93. The summed E-state index contributed by atoms with van der Waals surface area (Å²) in [6.07, 6.45) is 4.77. The molecule has 5 atom stereocenters. The lowest BCUT2D eigenvalue weighted by atomic mass is 9.85. The largest absolute Gasteiger partial charge is 0.378 e. The highest BCUT2D eigenvalue weighted by atomic mass is 35.5. The number of likely N-dealkylation sites (N-methyl/N-ethyl adjacent to an activating group) is 1. The van der Waals surface area contributed by atoms with E-state index in [1.165, 1.54) is 22.2 Å². The zero-order valence-corrected chi connectivity index (χ0v) is 26.5. The molecular formula is C34H40ClN7O3. The van der Waals surface area contributed by atoms with E-state index in [0.717, 1.165) is 50.4 Å². The topological polar surface area (TPSA) is 103 Å². The summed E-state index contributed by atoms with van der Waals surface area (Å²) >= 11 is 6.32. The minimum atomic E-state index is -0.295. The Morgan fingerprint density at radius 3 is 2.49 bits per heavy atom. The molecule has 1 aromatic heterocycles. The molecule has 10 nitrogen and oxygen atoms in total. The van der Waals surface area contributed by atoms with E-state index in [9.17, 15) is 14.4 Å². The second-order valence-corrected chi connectivity index (χ2v) is 13.6. The maximum absolute atomic E-state index is 12.4. The van der Waals surface area contributed by atoms with Gasteiger partial charge in [0.05, 0.1) is 17.8 Å². The van der Waals surface area contributed by atoms with Crippen LogP contribution in [-0.2, 0) is 23.2 Å². The number of aromatic nitrogens is 2. The summed E-state index contributed by atoms with van der Waals surface area (Å²) in [5.74, 6) is -0.241. The Morgan fingerprint density at radius 2 is 1.73 bits per heavy atom. The van der Waals surface area contributed by atoms with Crippen molar-refractivity contribution in [3.63, 3.8) is 0 Å². The van der Waals surface area contributed by atoms with Crippen molar-refractivity contribution in [1.29, 1.82) is 0 Å². The third kappa shape index (κ3) is 6.11. The summed E-state index contributed by atoms with van der Waals surface area (Å²) < 4.78 is 1.25. The van der Waals surface area contributed by atoms with Crippen molar-refractivity contribution in [1.82, 2.24) is 24.9 Å². The van der Waals surface area contributed by atoms with E-state index >= 15 is 0 Å². The molecule has 3 aromatic rings. The van der Waals surface area contributed by atoms with Crippen LogP contribution in [0.25, 0.3) is 0 Å². The van der Waals surface area contributed by atoms with E-state index in [-0.39, 0.29) is 34.4 Å². The molecule has 0 spiro atoms. The molecule has 5 aliphatic rings. The van der Waals surface area contributed by atoms with E-state index in [4.69, 9.17) is 11.6 Å². The van der Waals surface area contributed by atoms with Crippen LogP contribution in [0.4, 0.5) is 11.4 Å². The molecular weight excluding hydrogens is 590 g/mol. The van der Waals surface area contributed by atoms with Gasteiger partial charge in [0.15, 0.2) is 0 Å². The Labute approximate surface area is 268 Å². The molecule has 2 amide bonds. The maximum Gasteiger partial charge on any atom is 0.287 e. The summed E-state index contributed by atoms with van der Waals surface area (Å²) in [7, 11) is 3.73. The smallest absolute Gasteiger partial charge is 0.287 e. The number of amides is 2. The Kier molecular flexibility index (Phi) is 8.14. The molecule has 5 aliphatic heterocycles. The molecule has 2 N–H and O–H groups in total. The molecule has 3 unspecified atom stereocenters. The average molecular weight is 630 g/mol. The highest BCUT2D eigenvalue weighted by Crippen LogP contribution is 2.37. The molecule has 45 heavy (non-hydrogen) atoms. The number of piperazine rings is 1. The predicted octanol–water partition coefficient (Wildman–Crippen LogP) is 3.32. The molecule has 6 heterocycles. The van der Waals surface area contributed by atoms with Crippen molar-refractivity contribution in [3.8, 4) is 0 Å². The van der Waals surface area contributed by atoms with Crippen LogP contribution in [0.2, 0.25) is 5.02 Å². The van der Waals surface area contributed by atoms with Gasteiger partial charge in [0.25, 0.3) is 5.56 Å². The lowest BCUT2D eigenvalue weighted by Crippen LogP contribution is -2.68. The van der Waals surface area contributed by atoms with Crippen LogP contribution >= 0.6 is 11.6 Å². The molecule has 2 aromatic carbocycles. The number of hydrogen-bond donors (Lipinski definition) is 2. The number of rotatable bonds is 7. The van der Waals surface area contributed by atoms with Gasteiger partial charge >= 0.3 is 0 Å². The summed E-state index contributed by atoms with van der Waals surface area (Å²) in [5.41, 5.74) is 5.11. The first-order valence-electron chi connectivity index (χ1n) is 15.9. The average Bonchev–Trinajstić information content (AvgIpc) is 3.04. The number of aryl methyl sites for hydroxylation is 1. The van der Waals surface area contributed by atoms with E-state index in [1.54, 1.807) is 13.2 Å². The van der Waals surface area contributed by atoms with Gasteiger partial charge in [-0.05, 0) is 61.1 Å². The van der Waals surface area contributed by atoms with Gasteiger partial charge in [0.1, 0.15) is 5.02 Å². The minimum Gasteiger partial charge on any atom is -0.378 e. The molecule has 8 rings (SSSR count). The standard InChI is InChI=1S/C34H40ClN7O3/c1-39-17-24(12-25(18-39)37-30-15-36-40(2)34(45)32(30)35)22-8-6-21(7-9-22)16-42-27-14-28(42)20-41(19-27)26-5-3-4-23(13-26)29-10-11-31(43)38-33(29)44/h3-9,13,15,24-25,27-29,37H,10-12,14,16-20H2,1-2H3,(H,38,43,44)/t24-,25+,27?,28?,29?/m0/s1. The van der Waals surface area contributed by atoms with Crippen molar-refractivity contribution < 1.29 is 9.59 Å².